The van der Waals surface area contributed by atoms with Crippen LogP contribution < -0.4 is 10.2 Å². The minimum Gasteiger partial charge on any atom is -0.460 e. The molecule has 3 aromatic rings. The van der Waals surface area contributed by atoms with E-state index in [2.05, 4.69) is 0 Å². The molecule has 5 nitrogen and oxygen atoms in total. The lowest BCUT2D eigenvalue weighted by Crippen LogP contribution is -2.14. The molecule has 0 bridgehead atoms. The second kappa shape index (κ2) is 6.76. The lowest BCUT2D eigenvalue weighted by molar-refractivity contribution is 0.0486. The van der Waals surface area contributed by atoms with Gasteiger partial charge in [0.15, 0.2) is 0 Å². The van der Waals surface area contributed by atoms with Gasteiger partial charge in [0.1, 0.15) is 11.3 Å². The maximum Gasteiger partial charge on any atom is 0.378 e. The number of para-hydroxylation sites is 1. The minimum absolute atomic E-state index is 0.145. The van der Waals surface area contributed by atoms with Gasteiger partial charge < -0.3 is 13.9 Å². The summed E-state index contributed by atoms with van der Waals surface area (Å²) in [6.07, 6.45) is 0. The van der Waals surface area contributed by atoms with Gasteiger partial charge in [-0.2, -0.15) is 0 Å². The minimum atomic E-state index is -0.766. The van der Waals surface area contributed by atoms with Crippen molar-refractivity contribution in [3.63, 3.8) is 0 Å². The molecule has 0 fully saturated rings. The van der Waals surface area contributed by atoms with Crippen molar-refractivity contribution in [2.75, 3.05) is 6.61 Å². The number of fused-ring (bicyclic) bond motifs is 1. The summed E-state index contributed by atoms with van der Waals surface area (Å²) in [5, 5.41) is 0.603. The second-order valence-electron chi connectivity index (χ2n) is 4.87. The van der Waals surface area contributed by atoms with E-state index in [0.717, 1.165) is 0 Å². The number of ether oxygens (including phenoxy) is 2. The maximum absolute atomic E-state index is 12.8. The molecule has 0 aliphatic rings. The van der Waals surface area contributed by atoms with Crippen LogP contribution in [0.2, 0.25) is 5.02 Å². The Labute approximate surface area is 142 Å². The molecular formula is C18H13ClO5. The first-order valence-corrected chi connectivity index (χ1v) is 7.64. The molecule has 122 valence electrons. The molecule has 0 spiro atoms. The van der Waals surface area contributed by atoms with Crippen LogP contribution in [0.15, 0.2) is 57.7 Å². The topological polar surface area (TPSA) is 65.7 Å². The molecule has 6 heteroatoms. The van der Waals surface area contributed by atoms with Gasteiger partial charge in [0.05, 0.1) is 12.0 Å². The molecular weight excluding hydrogens is 332 g/mol. The van der Waals surface area contributed by atoms with E-state index in [1.807, 2.05) is 6.07 Å². The zero-order valence-electron chi connectivity index (χ0n) is 12.7. The van der Waals surface area contributed by atoms with E-state index in [1.165, 1.54) is 12.1 Å². The molecule has 0 aliphatic heterocycles. The summed E-state index contributed by atoms with van der Waals surface area (Å²) in [4.78, 5) is 24.9. The summed E-state index contributed by atoms with van der Waals surface area (Å²) in [5.41, 5.74) is -0.265. The molecule has 0 amide bonds. The molecule has 0 radical (unpaired) electrons. The predicted octanol–water partition coefficient (Wildman–Crippen LogP) is 4.42. The van der Waals surface area contributed by atoms with Gasteiger partial charge in [-0.15, -0.1) is 0 Å². The third-order valence-corrected chi connectivity index (χ3v) is 3.47. The van der Waals surface area contributed by atoms with Crippen LogP contribution in [-0.4, -0.2) is 12.6 Å². The van der Waals surface area contributed by atoms with Crippen LogP contribution in [0.25, 0.3) is 11.0 Å². The van der Waals surface area contributed by atoms with Crippen molar-refractivity contribution >= 4 is 28.5 Å². The second-order valence-corrected chi connectivity index (χ2v) is 5.30. The van der Waals surface area contributed by atoms with Gasteiger partial charge in [-0.05, 0) is 37.3 Å². The first-order chi connectivity index (χ1) is 11.6. The third kappa shape index (κ3) is 3.12. The van der Waals surface area contributed by atoms with Crippen LogP contribution in [0, 0.1) is 0 Å². The van der Waals surface area contributed by atoms with Crippen molar-refractivity contribution in [1.82, 2.24) is 0 Å². The van der Waals surface area contributed by atoms with Crippen molar-refractivity contribution in [3.05, 3.63) is 69.5 Å². The van der Waals surface area contributed by atoms with Gasteiger partial charge in [0.25, 0.3) is 5.76 Å². The zero-order chi connectivity index (χ0) is 17.1. The standard InChI is InChI=1S/C18H13ClO5/c1-2-22-18(21)17-16(23-12-6-4-3-5-7-12)15(20)13-10-11(19)8-9-14(13)24-17/h3-10H,2H2,1H3. The van der Waals surface area contributed by atoms with Crippen LogP contribution in [0.4, 0.5) is 0 Å². The average molecular weight is 345 g/mol. The van der Waals surface area contributed by atoms with Crippen LogP contribution in [0.3, 0.4) is 0 Å². The van der Waals surface area contributed by atoms with Crippen LogP contribution in [0.5, 0.6) is 11.5 Å². The van der Waals surface area contributed by atoms with Gasteiger partial charge >= 0.3 is 5.97 Å². The fourth-order valence-corrected chi connectivity index (χ4v) is 2.35. The maximum atomic E-state index is 12.8. The van der Waals surface area contributed by atoms with E-state index in [9.17, 15) is 9.59 Å². The number of esters is 1. The average Bonchev–Trinajstić information content (AvgIpc) is 2.59. The van der Waals surface area contributed by atoms with E-state index in [4.69, 9.17) is 25.5 Å². The normalized spacial score (nSPS) is 10.6. The number of halogens is 1. The van der Waals surface area contributed by atoms with Crippen molar-refractivity contribution in [1.29, 1.82) is 0 Å². The Balaban J connectivity index is 2.22. The third-order valence-electron chi connectivity index (χ3n) is 3.23. The lowest BCUT2D eigenvalue weighted by atomic mass is 10.2. The molecule has 0 aliphatic carbocycles. The smallest absolute Gasteiger partial charge is 0.378 e. The number of hydrogen-bond donors (Lipinski definition) is 0. The van der Waals surface area contributed by atoms with Gasteiger partial charge in [-0.25, -0.2) is 4.79 Å². The summed E-state index contributed by atoms with van der Waals surface area (Å²) in [7, 11) is 0. The number of benzene rings is 2. The molecule has 3 rings (SSSR count). The molecule has 0 saturated carbocycles. The Morgan fingerprint density at radius 2 is 1.92 bits per heavy atom. The number of carbonyl (C=O) groups is 1. The van der Waals surface area contributed by atoms with Gasteiger partial charge in [0, 0.05) is 5.02 Å². The van der Waals surface area contributed by atoms with Crippen molar-refractivity contribution in [2.24, 2.45) is 0 Å². The highest BCUT2D eigenvalue weighted by Gasteiger charge is 2.24. The zero-order valence-corrected chi connectivity index (χ0v) is 13.5. The van der Waals surface area contributed by atoms with Crippen LogP contribution in [-0.2, 0) is 4.74 Å². The summed E-state index contributed by atoms with van der Waals surface area (Å²) in [5.74, 6) is -0.871. The Hall–Kier alpha value is -2.79. The molecule has 0 unspecified atom stereocenters. The van der Waals surface area contributed by atoms with Gasteiger partial charge in [0.2, 0.25) is 11.2 Å². The summed E-state index contributed by atoms with van der Waals surface area (Å²) < 4.78 is 16.1. The highest BCUT2D eigenvalue weighted by atomic mass is 35.5. The highest BCUT2D eigenvalue weighted by molar-refractivity contribution is 6.31. The lowest BCUT2D eigenvalue weighted by Gasteiger charge is -2.10. The van der Waals surface area contributed by atoms with E-state index in [1.54, 1.807) is 37.3 Å². The first-order valence-electron chi connectivity index (χ1n) is 7.26. The predicted molar refractivity (Wildman–Crippen MR) is 90.0 cm³/mol. The summed E-state index contributed by atoms with van der Waals surface area (Å²) in [6.45, 7) is 1.81. The largest absolute Gasteiger partial charge is 0.460 e. The molecule has 24 heavy (non-hydrogen) atoms. The van der Waals surface area contributed by atoms with Gasteiger partial charge in [-0.1, -0.05) is 29.8 Å². The van der Waals surface area contributed by atoms with Crippen LogP contribution >= 0.6 is 11.6 Å². The number of carbonyl (C=O) groups excluding carboxylic acids is 1. The van der Waals surface area contributed by atoms with E-state index < -0.39 is 11.4 Å². The molecule has 2 aromatic carbocycles. The quantitative estimate of drug-likeness (QED) is 0.656. The SMILES string of the molecule is CCOC(=O)c1oc2ccc(Cl)cc2c(=O)c1Oc1ccccc1. The highest BCUT2D eigenvalue weighted by Crippen LogP contribution is 2.27. The fraction of sp³-hybridized carbons (Fsp3) is 0.111. The fourth-order valence-electron chi connectivity index (χ4n) is 2.18. The van der Waals surface area contributed by atoms with E-state index in [0.29, 0.717) is 10.8 Å². The molecule has 0 N–H and O–H groups in total. The molecule has 0 saturated heterocycles. The van der Waals surface area contributed by atoms with Crippen molar-refractivity contribution in [2.45, 2.75) is 6.92 Å². The Morgan fingerprint density at radius 3 is 2.62 bits per heavy atom. The van der Waals surface area contributed by atoms with Crippen molar-refractivity contribution < 1.29 is 18.7 Å². The van der Waals surface area contributed by atoms with E-state index in [-0.39, 0.29) is 29.1 Å². The molecule has 1 aromatic heterocycles. The first kappa shape index (κ1) is 16.1. The Kier molecular flexibility index (Phi) is 4.53. The Bertz CT molecular complexity index is 947. The number of rotatable bonds is 4. The monoisotopic (exact) mass is 344 g/mol. The van der Waals surface area contributed by atoms with E-state index >= 15 is 0 Å². The van der Waals surface area contributed by atoms with Crippen molar-refractivity contribution in [3.8, 4) is 11.5 Å². The van der Waals surface area contributed by atoms with Crippen LogP contribution in [0.1, 0.15) is 17.5 Å². The summed E-state index contributed by atoms with van der Waals surface area (Å²) in [6, 6.07) is 13.2. The Morgan fingerprint density at radius 1 is 1.17 bits per heavy atom. The number of hydrogen-bond acceptors (Lipinski definition) is 5. The van der Waals surface area contributed by atoms with Gasteiger partial charge in [-0.3, -0.25) is 4.79 Å². The molecule has 0 atom stereocenters. The molecule has 1 heterocycles. The summed E-state index contributed by atoms with van der Waals surface area (Å²) >= 11 is 5.94.